The van der Waals surface area contributed by atoms with Crippen LogP contribution in [0.2, 0.25) is 0 Å². The summed E-state index contributed by atoms with van der Waals surface area (Å²) in [7, 11) is 1.88. The maximum absolute atomic E-state index is 9.94. The average molecular weight is 262 g/mol. The highest BCUT2D eigenvalue weighted by Gasteiger charge is 2.41. The molecule has 0 amide bonds. The molecular weight excluding hydrogens is 240 g/mol. The van der Waals surface area contributed by atoms with Crippen molar-refractivity contribution in [3.63, 3.8) is 0 Å². The van der Waals surface area contributed by atoms with Gasteiger partial charge in [0.2, 0.25) is 0 Å². The monoisotopic (exact) mass is 262 g/mol. The number of rotatable bonds is 3. The topological polar surface area (TPSA) is 61.3 Å². The third kappa shape index (κ3) is 2.58. The summed E-state index contributed by atoms with van der Waals surface area (Å²) < 4.78 is 0. The van der Waals surface area contributed by atoms with Gasteiger partial charge in [-0.05, 0) is 25.7 Å². The van der Waals surface area contributed by atoms with Gasteiger partial charge < -0.3 is 10.4 Å². The molecule has 3 atom stereocenters. The van der Waals surface area contributed by atoms with Crippen molar-refractivity contribution >= 4 is 5.82 Å². The van der Waals surface area contributed by atoms with Gasteiger partial charge in [-0.3, -0.25) is 4.90 Å². The zero-order chi connectivity index (χ0) is 13.4. The van der Waals surface area contributed by atoms with Gasteiger partial charge in [0.1, 0.15) is 11.6 Å². The first-order valence-electron chi connectivity index (χ1n) is 7.08. The van der Waals surface area contributed by atoms with E-state index in [0.29, 0.717) is 11.8 Å². The number of aryl methyl sites for hydroxylation is 1. The van der Waals surface area contributed by atoms with Crippen molar-refractivity contribution in [1.82, 2.24) is 14.9 Å². The molecule has 3 unspecified atom stereocenters. The molecule has 2 fully saturated rings. The summed E-state index contributed by atoms with van der Waals surface area (Å²) in [5.74, 6) is 2.89. The summed E-state index contributed by atoms with van der Waals surface area (Å²) in [6.45, 7) is 4.84. The molecule has 1 aliphatic carbocycles. The lowest BCUT2D eigenvalue weighted by Crippen LogP contribution is -2.25. The van der Waals surface area contributed by atoms with Gasteiger partial charge in [0.05, 0.1) is 12.6 Å². The quantitative estimate of drug-likeness (QED) is 0.852. The number of hydrogen-bond acceptors (Lipinski definition) is 5. The predicted octanol–water partition coefficient (Wildman–Crippen LogP) is 1.03. The molecule has 5 heteroatoms. The van der Waals surface area contributed by atoms with E-state index in [1.165, 1.54) is 6.42 Å². The van der Waals surface area contributed by atoms with Crippen LogP contribution < -0.4 is 5.32 Å². The Hall–Kier alpha value is -1.20. The van der Waals surface area contributed by atoms with Gasteiger partial charge >= 0.3 is 0 Å². The van der Waals surface area contributed by atoms with Crippen molar-refractivity contribution in [1.29, 1.82) is 0 Å². The minimum atomic E-state index is -0.0960. The summed E-state index contributed by atoms with van der Waals surface area (Å²) >= 11 is 0. The van der Waals surface area contributed by atoms with E-state index in [4.69, 9.17) is 0 Å². The molecule has 2 aliphatic rings. The first kappa shape index (κ1) is 12.8. The first-order chi connectivity index (χ1) is 9.15. The Labute approximate surface area is 114 Å². The smallest absolute Gasteiger partial charge is 0.144 e. The summed E-state index contributed by atoms with van der Waals surface area (Å²) in [6, 6.07) is 1.95. The van der Waals surface area contributed by atoms with Crippen molar-refractivity contribution in [2.75, 3.05) is 25.5 Å². The number of likely N-dealkylation sites (tertiary alicyclic amines) is 1. The molecule has 104 valence electrons. The standard InChI is InChI=1S/C14H22N4O/c1-9-5-13(15-2)17-14(16-9)8-18-6-10-3-4-12(19)11(10)7-18/h5,10-12,19H,3-4,6-8H2,1-2H3,(H,15,16,17). The van der Waals surface area contributed by atoms with E-state index in [1.54, 1.807) is 0 Å². The van der Waals surface area contributed by atoms with E-state index in [9.17, 15) is 5.11 Å². The van der Waals surface area contributed by atoms with Crippen molar-refractivity contribution in [2.45, 2.75) is 32.4 Å². The Kier molecular flexibility index (Phi) is 3.41. The fraction of sp³-hybridized carbons (Fsp3) is 0.714. The minimum absolute atomic E-state index is 0.0960. The van der Waals surface area contributed by atoms with E-state index < -0.39 is 0 Å². The number of hydrogen-bond donors (Lipinski definition) is 2. The van der Waals surface area contributed by atoms with Crippen LogP contribution in [0.5, 0.6) is 0 Å². The number of nitrogens with zero attached hydrogens (tertiary/aromatic N) is 3. The van der Waals surface area contributed by atoms with E-state index in [-0.39, 0.29) is 6.10 Å². The highest BCUT2D eigenvalue weighted by Crippen LogP contribution is 2.38. The van der Waals surface area contributed by atoms with Crippen LogP contribution in [-0.2, 0) is 6.54 Å². The molecule has 1 aliphatic heterocycles. The van der Waals surface area contributed by atoms with E-state index in [0.717, 1.165) is 43.4 Å². The number of nitrogens with one attached hydrogen (secondary N) is 1. The van der Waals surface area contributed by atoms with E-state index in [1.807, 2.05) is 20.0 Å². The predicted molar refractivity (Wildman–Crippen MR) is 73.8 cm³/mol. The molecule has 0 aromatic carbocycles. The zero-order valence-electron chi connectivity index (χ0n) is 11.6. The van der Waals surface area contributed by atoms with Crippen LogP contribution in [0.15, 0.2) is 6.07 Å². The second-order valence-corrected chi connectivity index (χ2v) is 5.82. The second kappa shape index (κ2) is 5.06. The summed E-state index contributed by atoms with van der Waals surface area (Å²) in [5, 5.41) is 13.0. The number of anilines is 1. The van der Waals surface area contributed by atoms with Gasteiger partial charge in [0, 0.05) is 37.8 Å². The number of fused-ring (bicyclic) bond motifs is 1. The van der Waals surface area contributed by atoms with Crippen molar-refractivity contribution in [2.24, 2.45) is 11.8 Å². The number of aliphatic hydroxyl groups is 1. The molecule has 0 radical (unpaired) electrons. The van der Waals surface area contributed by atoms with Crippen LogP contribution in [0, 0.1) is 18.8 Å². The van der Waals surface area contributed by atoms with Crippen LogP contribution in [-0.4, -0.2) is 46.2 Å². The molecular formula is C14H22N4O. The van der Waals surface area contributed by atoms with Crippen molar-refractivity contribution in [3.05, 3.63) is 17.6 Å². The van der Waals surface area contributed by atoms with Crippen LogP contribution in [0.3, 0.4) is 0 Å². The molecule has 5 nitrogen and oxygen atoms in total. The highest BCUT2D eigenvalue weighted by molar-refractivity contribution is 5.34. The Morgan fingerprint density at radius 2 is 2.21 bits per heavy atom. The molecule has 0 bridgehead atoms. The van der Waals surface area contributed by atoms with Crippen LogP contribution in [0.25, 0.3) is 0 Å². The van der Waals surface area contributed by atoms with Crippen LogP contribution in [0.4, 0.5) is 5.82 Å². The maximum atomic E-state index is 9.94. The third-order valence-corrected chi connectivity index (χ3v) is 4.42. The Morgan fingerprint density at radius 1 is 1.37 bits per heavy atom. The van der Waals surface area contributed by atoms with Gasteiger partial charge in [0.15, 0.2) is 0 Å². The number of aliphatic hydroxyl groups excluding tert-OH is 1. The molecule has 2 N–H and O–H groups in total. The Balaban J connectivity index is 1.68. The van der Waals surface area contributed by atoms with Gasteiger partial charge in [-0.1, -0.05) is 0 Å². The molecule has 1 aromatic heterocycles. The third-order valence-electron chi connectivity index (χ3n) is 4.42. The lowest BCUT2D eigenvalue weighted by Gasteiger charge is -2.17. The summed E-state index contributed by atoms with van der Waals surface area (Å²) in [4.78, 5) is 11.4. The molecule has 3 rings (SSSR count). The molecule has 2 heterocycles. The molecule has 1 saturated carbocycles. The molecule has 0 spiro atoms. The highest BCUT2D eigenvalue weighted by atomic mass is 16.3. The van der Waals surface area contributed by atoms with Gasteiger partial charge in [0.25, 0.3) is 0 Å². The van der Waals surface area contributed by atoms with E-state index >= 15 is 0 Å². The van der Waals surface area contributed by atoms with Gasteiger partial charge in [-0.2, -0.15) is 0 Å². The maximum Gasteiger partial charge on any atom is 0.144 e. The fourth-order valence-electron chi connectivity index (χ4n) is 3.49. The molecule has 1 saturated heterocycles. The lowest BCUT2D eigenvalue weighted by atomic mass is 10.00. The minimum Gasteiger partial charge on any atom is -0.393 e. The lowest BCUT2D eigenvalue weighted by molar-refractivity contribution is 0.123. The zero-order valence-corrected chi connectivity index (χ0v) is 11.6. The van der Waals surface area contributed by atoms with Gasteiger partial charge in [-0.25, -0.2) is 9.97 Å². The normalized spacial score (nSPS) is 30.6. The summed E-state index contributed by atoms with van der Waals surface area (Å²) in [6.07, 6.45) is 2.05. The van der Waals surface area contributed by atoms with E-state index in [2.05, 4.69) is 20.2 Å². The number of aromatic nitrogens is 2. The first-order valence-corrected chi connectivity index (χ1v) is 7.08. The van der Waals surface area contributed by atoms with Gasteiger partial charge in [-0.15, -0.1) is 0 Å². The second-order valence-electron chi connectivity index (χ2n) is 5.82. The van der Waals surface area contributed by atoms with Crippen molar-refractivity contribution < 1.29 is 5.11 Å². The molecule has 1 aromatic rings. The van der Waals surface area contributed by atoms with Crippen LogP contribution in [0.1, 0.15) is 24.4 Å². The largest absolute Gasteiger partial charge is 0.393 e. The Bertz CT molecular complexity index is 465. The van der Waals surface area contributed by atoms with Crippen molar-refractivity contribution in [3.8, 4) is 0 Å². The SMILES string of the molecule is CNc1cc(C)nc(CN2CC3CCC(O)C3C2)n1. The summed E-state index contributed by atoms with van der Waals surface area (Å²) in [5.41, 5.74) is 0.994. The average Bonchev–Trinajstić information content (AvgIpc) is 2.91. The fourth-order valence-corrected chi connectivity index (χ4v) is 3.49. The molecule has 19 heavy (non-hydrogen) atoms. The van der Waals surface area contributed by atoms with Crippen LogP contribution >= 0.6 is 0 Å². The Morgan fingerprint density at radius 3 is 2.95 bits per heavy atom.